The minimum absolute atomic E-state index is 0.273. The van der Waals surface area contributed by atoms with E-state index in [0.717, 1.165) is 33.4 Å². The summed E-state index contributed by atoms with van der Waals surface area (Å²) in [6.45, 7) is 2.38. The van der Waals surface area contributed by atoms with Crippen LogP contribution in [0.4, 0.5) is 17.3 Å². The Morgan fingerprint density at radius 3 is 2.74 bits per heavy atom. The molecular formula is C20H16N4O2S. The fourth-order valence-corrected chi connectivity index (χ4v) is 4.34. The Hall–Kier alpha value is -3.32. The molecule has 2 aromatic carbocycles. The van der Waals surface area contributed by atoms with E-state index in [9.17, 15) is 0 Å². The number of nitrogens with two attached hydrogens (primary N) is 1. The molecule has 6 nitrogen and oxygen atoms in total. The highest BCUT2D eigenvalue weighted by molar-refractivity contribution is 7.22. The molecule has 1 aliphatic heterocycles. The van der Waals surface area contributed by atoms with Gasteiger partial charge in [0.1, 0.15) is 0 Å². The summed E-state index contributed by atoms with van der Waals surface area (Å²) >= 11 is 1.71. The fraction of sp³-hybridized carbons (Fsp3) is 0.100. The predicted octanol–water partition coefficient (Wildman–Crippen LogP) is 4.72. The van der Waals surface area contributed by atoms with Gasteiger partial charge in [0.25, 0.3) is 0 Å². The quantitative estimate of drug-likeness (QED) is 0.538. The molecule has 0 aliphatic carbocycles. The molecule has 0 fully saturated rings. The number of nitrogens with one attached hydrogen (secondary N) is 1. The highest BCUT2D eigenvalue weighted by Gasteiger charge is 2.15. The van der Waals surface area contributed by atoms with Gasteiger partial charge in [-0.15, -0.1) is 11.3 Å². The first-order chi connectivity index (χ1) is 13.2. The van der Waals surface area contributed by atoms with E-state index in [1.165, 1.54) is 15.6 Å². The van der Waals surface area contributed by atoms with Crippen molar-refractivity contribution in [2.24, 2.45) is 0 Å². The van der Waals surface area contributed by atoms with Crippen LogP contribution in [0, 0.1) is 6.92 Å². The van der Waals surface area contributed by atoms with Gasteiger partial charge in [0.05, 0.1) is 10.6 Å². The maximum Gasteiger partial charge on any atom is 0.231 e. The molecule has 134 valence electrons. The highest BCUT2D eigenvalue weighted by Crippen LogP contribution is 2.39. The third kappa shape index (κ3) is 2.82. The number of thiophene rings is 1. The number of anilines is 3. The number of aromatic nitrogens is 2. The smallest absolute Gasteiger partial charge is 0.231 e. The van der Waals surface area contributed by atoms with Gasteiger partial charge in [-0.3, -0.25) is 0 Å². The lowest BCUT2D eigenvalue weighted by molar-refractivity contribution is 0.174. The number of fused-ring (bicyclic) bond motifs is 2. The van der Waals surface area contributed by atoms with Crippen LogP contribution in [0.15, 0.2) is 48.7 Å². The van der Waals surface area contributed by atoms with Crippen LogP contribution in [0.1, 0.15) is 5.56 Å². The molecule has 0 amide bonds. The predicted molar refractivity (Wildman–Crippen MR) is 108 cm³/mol. The van der Waals surface area contributed by atoms with Crippen molar-refractivity contribution in [3.63, 3.8) is 0 Å². The van der Waals surface area contributed by atoms with Gasteiger partial charge in [0.2, 0.25) is 12.7 Å². The summed E-state index contributed by atoms with van der Waals surface area (Å²) in [5, 5.41) is 4.63. The third-order valence-electron chi connectivity index (χ3n) is 4.50. The zero-order valence-corrected chi connectivity index (χ0v) is 15.3. The Balaban J connectivity index is 1.51. The minimum atomic E-state index is 0.273. The maximum absolute atomic E-state index is 5.74. The Morgan fingerprint density at radius 2 is 1.85 bits per heavy atom. The summed E-state index contributed by atoms with van der Waals surface area (Å²) in [5.41, 5.74) is 9.74. The van der Waals surface area contributed by atoms with Gasteiger partial charge in [-0.25, -0.2) is 9.97 Å². The van der Waals surface area contributed by atoms with Crippen LogP contribution in [0.25, 0.3) is 20.7 Å². The van der Waals surface area contributed by atoms with Crippen molar-refractivity contribution >= 4 is 38.7 Å². The summed E-state index contributed by atoms with van der Waals surface area (Å²) in [4.78, 5) is 9.45. The standard InChI is InChI=1S/C20H16N4O2S/c1-11-14-8-12(23-13-2-4-16-17(9-13)26-10-25-16)3-5-18(14)27-19(11)15-6-7-22-20(21)24-15/h2-9,23H,10H2,1H3,(H2,21,22,24). The van der Waals surface area contributed by atoms with Crippen molar-refractivity contribution in [3.8, 4) is 22.1 Å². The fourth-order valence-electron chi connectivity index (χ4n) is 3.18. The maximum atomic E-state index is 5.74. The number of hydrogen-bond donors (Lipinski definition) is 2. The largest absolute Gasteiger partial charge is 0.454 e. The number of aryl methyl sites for hydroxylation is 1. The average Bonchev–Trinajstić information content (AvgIpc) is 3.26. The van der Waals surface area contributed by atoms with Crippen molar-refractivity contribution in [2.75, 3.05) is 17.8 Å². The van der Waals surface area contributed by atoms with E-state index in [4.69, 9.17) is 15.2 Å². The molecule has 5 rings (SSSR count). The average molecular weight is 376 g/mol. The molecule has 2 aromatic heterocycles. The molecule has 0 atom stereocenters. The summed E-state index contributed by atoms with van der Waals surface area (Å²) in [7, 11) is 0. The molecule has 0 radical (unpaired) electrons. The Labute approximate surface area is 159 Å². The lowest BCUT2D eigenvalue weighted by Crippen LogP contribution is -1.94. The second kappa shape index (κ2) is 6.14. The molecule has 3 heterocycles. The molecule has 0 saturated heterocycles. The normalized spacial score (nSPS) is 12.5. The first-order valence-corrected chi connectivity index (χ1v) is 9.28. The van der Waals surface area contributed by atoms with Gasteiger partial charge in [0, 0.05) is 28.3 Å². The molecule has 0 spiro atoms. The van der Waals surface area contributed by atoms with Crippen LogP contribution >= 0.6 is 11.3 Å². The van der Waals surface area contributed by atoms with Gasteiger partial charge >= 0.3 is 0 Å². The van der Waals surface area contributed by atoms with Crippen LogP contribution in [-0.2, 0) is 0 Å². The molecule has 0 saturated carbocycles. The summed E-state index contributed by atoms with van der Waals surface area (Å²) in [6.07, 6.45) is 1.69. The monoisotopic (exact) mass is 376 g/mol. The van der Waals surface area contributed by atoms with Crippen molar-refractivity contribution < 1.29 is 9.47 Å². The topological polar surface area (TPSA) is 82.3 Å². The van der Waals surface area contributed by atoms with Gasteiger partial charge in [0.15, 0.2) is 11.5 Å². The number of ether oxygens (including phenoxy) is 2. The highest BCUT2D eigenvalue weighted by atomic mass is 32.1. The van der Waals surface area contributed by atoms with Crippen molar-refractivity contribution in [3.05, 3.63) is 54.2 Å². The molecule has 3 N–H and O–H groups in total. The van der Waals surface area contributed by atoms with Crippen molar-refractivity contribution in [1.82, 2.24) is 9.97 Å². The molecule has 0 unspecified atom stereocenters. The molecule has 4 aromatic rings. The number of hydrogen-bond acceptors (Lipinski definition) is 7. The van der Waals surface area contributed by atoms with E-state index in [1.54, 1.807) is 17.5 Å². The molecule has 1 aliphatic rings. The second-order valence-corrected chi connectivity index (χ2v) is 7.31. The Morgan fingerprint density at radius 1 is 1.04 bits per heavy atom. The van der Waals surface area contributed by atoms with E-state index < -0.39 is 0 Å². The number of rotatable bonds is 3. The molecule has 0 bridgehead atoms. The van der Waals surface area contributed by atoms with Gasteiger partial charge < -0.3 is 20.5 Å². The van der Waals surface area contributed by atoms with E-state index >= 15 is 0 Å². The summed E-state index contributed by atoms with van der Waals surface area (Å²) in [5.74, 6) is 1.82. The van der Waals surface area contributed by atoms with Crippen LogP contribution in [0.5, 0.6) is 11.5 Å². The van der Waals surface area contributed by atoms with Crippen molar-refractivity contribution in [1.29, 1.82) is 0 Å². The SMILES string of the molecule is Cc1c(-c2ccnc(N)n2)sc2ccc(Nc3ccc4c(c3)OCO4)cc12. The van der Waals surface area contributed by atoms with E-state index in [2.05, 4.69) is 40.4 Å². The lowest BCUT2D eigenvalue weighted by atomic mass is 10.1. The zero-order chi connectivity index (χ0) is 18.4. The Bertz CT molecular complexity index is 1170. The van der Waals surface area contributed by atoms with E-state index in [1.807, 2.05) is 24.3 Å². The van der Waals surface area contributed by atoms with E-state index in [0.29, 0.717) is 0 Å². The lowest BCUT2D eigenvalue weighted by Gasteiger charge is -2.08. The van der Waals surface area contributed by atoms with Crippen LogP contribution in [0.3, 0.4) is 0 Å². The van der Waals surface area contributed by atoms with Gasteiger partial charge in [-0.2, -0.15) is 0 Å². The van der Waals surface area contributed by atoms with Gasteiger partial charge in [-0.05, 0) is 54.3 Å². The second-order valence-electron chi connectivity index (χ2n) is 6.26. The van der Waals surface area contributed by atoms with Crippen LogP contribution in [0.2, 0.25) is 0 Å². The molecule has 27 heavy (non-hydrogen) atoms. The zero-order valence-electron chi connectivity index (χ0n) is 14.5. The number of benzene rings is 2. The Kier molecular flexibility index (Phi) is 3.61. The van der Waals surface area contributed by atoms with Gasteiger partial charge in [-0.1, -0.05) is 0 Å². The molecular weight excluding hydrogens is 360 g/mol. The summed E-state index contributed by atoms with van der Waals surface area (Å²) in [6, 6.07) is 14.1. The first-order valence-electron chi connectivity index (χ1n) is 8.46. The van der Waals surface area contributed by atoms with Crippen LogP contribution < -0.4 is 20.5 Å². The third-order valence-corrected chi connectivity index (χ3v) is 5.80. The molecule has 7 heteroatoms. The number of nitrogen functional groups attached to an aromatic ring is 1. The first kappa shape index (κ1) is 15.9. The van der Waals surface area contributed by atoms with Crippen LogP contribution in [-0.4, -0.2) is 16.8 Å². The number of nitrogens with zero attached hydrogens (tertiary/aromatic N) is 2. The van der Waals surface area contributed by atoms with E-state index in [-0.39, 0.29) is 12.7 Å². The summed E-state index contributed by atoms with van der Waals surface area (Å²) < 4.78 is 12.0. The van der Waals surface area contributed by atoms with Crippen molar-refractivity contribution in [2.45, 2.75) is 6.92 Å². The minimum Gasteiger partial charge on any atom is -0.454 e.